The van der Waals surface area contributed by atoms with Crippen LogP contribution in [0.2, 0.25) is 5.02 Å². The number of anilines is 2. The largest absolute Gasteiger partial charge is 0.506 e. The first-order chi connectivity index (χ1) is 14.1. The number of carbonyl (C=O) groups is 1. The number of amides is 1. The quantitative estimate of drug-likeness (QED) is 0.669. The molecule has 4 rings (SSSR count). The van der Waals surface area contributed by atoms with Crippen molar-refractivity contribution in [1.29, 1.82) is 0 Å². The maximum absolute atomic E-state index is 12.6. The van der Waals surface area contributed by atoms with E-state index in [2.05, 4.69) is 25.2 Å². The second kappa shape index (κ2) is 8.50. The van der Waals surface area contributed by atoms with Crippen LogP contribution < -0.4 is 10.2 Å². The second-order valence-electron chi connectivity index (χ2n) is 6.80. The number of benzene rings is 2. The van der Waals surface area contributed by atoms with Crippen LogP contribution in [-0.2, 0) is 4.79 Å². The first kappa shape index (κ1) is 19.2. The first-order valence-electron chi connectivity index (χ1n) is 9.30. The van der Waals surface area contributed by atoms with Gasteiger partial charge in [-0.1, -0.05) is 23.7 Å². The molecule has 0 unspecified atom stereocenters. The summed E-state index contributed by atoms with van der Waals surface area (Å²) < 4.78 is 1.58. The number of para-hydroxylation sites is 2. The van der Waals surface area contributed by atoms with Gasteiger partial charge < -0.3 is 15.3 Å². The lowest BCUT2D eigenvalue weighted by Crippen LogP contribution is -2.48. The standard InChI is InChI=1S/C20H21ClN6O2/c21-15-5-6-17(27-14-22-13-23-27)16(11-15)24-20(29)12-25-7-9-26(10-8-25)18-3-1-2-4-19(18)28/h1-6,11,13-14,28H,7-10,12H2,(H,24,29). The minimum atomic E-state index is -0.121. The van der Waals surface area contributed by atoms with Crippen molar-refractivity contribution < 1.29 is 9.90 Å². The molecule has 3 aromatic rings. The van der Waals surface area contributed by atoms with E-state index in [-0.39, 0.29) is 18.2 Å². The van der Waals surface area contributed by atoms with E-state index in [1.807, 2.05) is 18.2 Å². The number of nitrogens with zero attached hydrogens (tertiary/aromatic N) is 5. The highest BCUT2D eigenvalue weighted by molar-refractivity contribution is 6.31. The number of hydrogen-bond acceptors (Lipinski definition) is 6. The predicted octanol–water partition coefficient (Wildman–Crippen LogP) is 2.39. The number of hydrogen-bond donors (Lipinski definition) is 2. The van der Waals surface area contributed by atoms with Crippen molar-refractivity contribution >= 4 is 28.9 Å². The Hall–Kier alpha value is -3.10. The molecule has 1 fully saturated rings. The van der Waals surface area contributed by atoms with Gasteiger partial charge >= 0.3 is 0 Å². The summed E-state index contributed by atoms with van der Waals surface area (Å²) in [6.45, 7) is 3.22. The van der Waals surface area contributed by atoms with Gasteiger partial charge in [-0.3, -0.25) is 9.69 Å². The summed E-state index contributed by atoms with van der Waals surface area (Å²) in [6, 6.07) is 12.5. The van der Waals surface area contributed by atoms with E-state index in [0.29, 0.717) is 16.4 Å². The Morgan fingerprint density at radius 1 is 1.10 bits per heavy atom. The molecule has 0 bridgehead atoms. The molecule has 2 heterocycles. The molecule has 0 saturated carbocycles. The van der Waals surface area contributed by atoms with Gasteiger partial charge in [0, 0.05) is 31.2 Å². The smallest absolute Gasteiger partial charge is 0.238 e. The maximum atomic E-state index is 12.6. The number of phenols is 1. The van der Waals surface area contributed by atoms with Crippen LogP contribution in [0.3, 0.4) is 0 Å². The van der Waals surface area contributed by atoms with Crippen molar-refractivity contribution in [3.63, 3.8) is 0 Å². The number of nitrogens with one attached hydrogen (secondary N) is 1. The molecule has 1 aliphatic heterocycles. The third-order valence-electron chi connectivity index (χ3n) is 4.86. The average molecular weight is 413 g/mol. The van der Waals surface area contributed by atoms with E-state index < -0.39 is 0 Å². The molecule has 1 aromatic heterocycles. The number of piperazine rings is 1. The lowest BCUT2D eigenvalue weighted by molar-refractivity contribution is -0.117. The third kappa shape index (κ3) is 4.49. The topological polar surface area (TPSA) is 86.5 Å². The molecule has 0 radical (unpaired) electrons. The summed E-state index contributed by atoms with van der Waals surface area (Å²) in [4.78, 5) is 20.8. The molecule has 1 aliphatic rings. The van der Waals surface area contributed by atoms with E-state index in [1.165, 1.54) is 6.33 Å². The number of halogens is 1. The van der Waals surface area contributed by atoms with Crippen LogP contribution in [0.1, 0.15) is 0 Å². The van der Waals surface area contributed by atoms with Crippen molar-refractivity contribution in [1.82, 2.24) is 19.7 Å². The Morgan fingerprint density at radius 3 is 2.62 bits per heavy atom. The Labute approximate surface area is 173 Å². The van der Waals surface area contributed by atoms with Gasteiger partial charge in [0.05, 0.1) is 23.6 Å². The van der Waals surface area contributed by atoms with Crippen LogP contribution in [-0.4, -0.2) is 63.4 Å². The van der Waals surface area contributed by atoms with Crippen molar-refractivity contribution in [2.75, 3.05) is 42.9 Å². The Bertz CT molecular complexity index is 986. The third-order valence-corrected chi connectivity index (χ3v) is 5.10. The first-order valence-corrected chi connectivity index (χ1v) is 9.67. The van der Waals surface area contributed by atoms with Crippen LogP contribution >= 0.6 is 11.6 Å². The number of phenolic OH excluding ortho intramolecular Hbond substituents is 1. The zero-order chi connectivity index (χ0) is 20.2. The van der Waals surface area contributed by atoms with E-state index in [9.17, 15) is 9.90 Å². The Kier molecular flexibility index (Phi) is 5.64. The number of aromatic nitrogens is 3. The van der Waals surface area contributed by atoms with Crippen LogP contribution in [0.15, 0.2) is 55.1 Å². The van der Waals surface area contributed by atoms with Crippen molar-refractivity contribution in [2.24, 2.45) is 0 Å². The van der Waals surface area contributed by atoms with Gasteiger partial charge in [0.1, 0.15) is 18.4 Å². The van der Waals surface area contributed by atoms with Crippen molar-refractivity contribution in [3.05, 3.63) is 60.1 Å². The fraction of sp³-hybridized carbons (Fsp3) is 0.250. The zero-order valence-corrected chi connectivity index (χ0v) is 16.5. The van der Waals surface area contributed by atoms with Crippen LogP contribution in [0.4, 0.5) is 11.4 Å². The molecule has 150 valence electrons. The van der Waals surface area contributed by atoms with Gasteiger partial charge in [-0.2, -0.15) is 5.10 Å². The average Bonchev–Trinajstić information content (AvgIpc) is 3.24. The highest BCUT2D eigenvalue weighted by Crippen LogP contribution is 2.27. The normalized spacial score (nSPS) is 14.7. The Balaban J connectivity index is 1.37. The molecule has 0 aliphatic carbocycles. The molecule has 1 amide bonds. The highest BCUT2D eigenvalue weighted by atomic mass is 35.5. The number of aromatic hydroxyl groups is 1. The summed E-state index contributed by atoms with van der Waals surface area (Å²) >= 11 is 6.11. The lowest BCUT2D eigenvalue weighted by atomic mass is 10.2. The molecule has 0 atom stereocenters. The highest BCUT2D eigenvalue weighted by Gasteiger charge is 2.21. The van der Waals surface area contributed by atoms with Crippen molar-refractivity contribution in [3.8, 4) is 11.4 Å². The van der Waals surface area contributed by atoms with Crippen LogP contribution in [0, 0.1) is 0 Å². The van der Waals surface area contributed by atoms with Crippen molar-refractivity contribution in [2.45, 2.75) is 0 Å². The summed E-state index contributed by atoms with van der Waals surface area (Å²) in [6.07, 6.45) is 3.00. The van der Waals surface area contributed by atoms with Gasteiger partial charge in [0.25, 0.3) is 0 Å². The van der Waals surface area contributed by atoms with E-state index in [1.54, 1.807) is 35.3 Å². The molecule has 8 nitrogen and oxygen atoms in total. The molecule has 29 heavy (non-hydrogen) atoms. The maximum Gasteiger partial charge on any atom is 0.238 e. The molecule has 0 spiro atoms. The zero-order valence-electron chi connectivity index (χ0n) is 15.7. The summed E-state index contributed by atoms with van der Waals surface area (Å²) in [7, 11) is 0. The monoisotopic (exact) mass is 412 g/mol. The van der Waals surface area contributed by atoms with Gasteiger partial charge in [-0.25, -0.2) is 9.67 Å². The van der Waals surface area contributed by atoms with Crippen LogP contribution in [0.25, 0.3) is 5.69 Å². The van der Waals surface area contributed by atoms with Gasteiger partial charge in [0.15, 0.2) is 0 Å². The minimum Gasteiger partial charge on any atom is -0.506 e. The molecule has 9 heteroatoms. The minimum absolute atomic E-state index is 0.121. The molecular weight excluding hydrogens is 392 g/mol. The number of carbonyl (C=O) groups excluding carboxylic acids is 1. The predicted molar refractivity (Wildman–Crippen MR) is 112 cm³/mol. The molecule has 1 saturated heterocycles. The summed E-state index contributed by atoms with van der Waals surface area (Å²) in [5.41, 5.74) is 2.11. The molecular formula is C20H21ClN6O2. The fourth-order valence-electron chi connectivity index (χ4n) is 3.41. The molecule has 2 aromatic carbocycles. The second-order valence-corrected chi connectivity index (χ2v) is 7.24. The van der Waals surface area contributed by atoms with Gasteiger partial charge in [0.2, 0.25) is 5.91 Å². The van der Waals surface area contributed by atoms with Gasteiger partial charge in [-0.05, 0) is 30.3 Å². The SMILES string of the molecule is O=C(CN1CCN(c2ccccc2O)CC1)Nc1cc(Cl)ccc1-n1cncn1. The van der Waals surface area contributed by atoms with E-state index in [4.69, 9.17) is 11.6 Å². The Morgan fingerprint density at radius 2 is 1.90 bits per heavy atom. The fourth-order valence-corrected chi connectivity index (χ4v) is 3.58. The number of rotatable bonds is 5. The van der Waals surface area contributed by atoms with E-state index in [0.717, 1.165) is 31.9 Å². The summed E-state index contributed by atoms with van der Waals surface area (Å²) in [5, 5.41) is 17.6. The summed E-state index contributed by atoms with van der Waals surface area (Å²) in [5.74, 6) is 0.157. The van der Waals surface area contributed by atoms with Crippen LogP contribution in [0.5, 0.6) is 5.75 Å². The molecule has 2 N–H and O–H groups in total. The lowest BCUT2D eigenvalue weighted by Gasteiger charge is -2.35. The van der Waals surface area contributed by atoms with E-state index >= 15 is 0 Å². The van der Waals surface area contributed by atoms with Gasteiger partial charge in [-0.15, -0.1) is 0 Å².